The summed E-state index contributed by atoms with van der Waals surface area (Å²) in [6.07, 6.45) is -4.93. The molecule has 23 heavy (non-hydrogen) atoms. The average molecular weight is 344 g/mol. The van der Waals surface area contributed by atoms with E-state index in [1.165, 1.54) is 30.3 Å². The zero-order valence-electron chi connectivity index (χ0n) is 12.1. The van der Waals surface area contributed by atoms with Crippen molar-refractivity contribution in [3.63, 3.8) is 0 Å². The molecule has 2 aromatic carbocycles. The highest BCUT2D eigenvalue weighted by molar-refractivity contribution is 6.31. The van der Waals surface area contributed by atoms with Crippen LogP contribution >= 0.6 is 11.6 Å². The second-order valence-electron chi connectivity index (χ2n) is 5.03. The molecule has 0 amide bonds. The van der Waals surface area contributed by atoms with E-state index in [1.54, 1.807) is 7.05 Å². The number of hydrogen-bond acceptors (Lipinski definition) is 3. The van der Waals surface area contributed by atoms with Gasteiger partial charge in [0.2, 0.25) is 0 Å². The van der Waals surface area contributed by atoms with Crippen LogP contribution in [0.5, 0.6) is 11.5 Å². The van der Waals surface area contributed by atoms with Gasteiger partial charge in [0.05, 0.1) is 5.56 Å². The fraction of sp³-hybridized carbons (Fsp3) is 0.250. The van der Waals surface area contributed by atoms with E-state index in [1.807, 2.05) is 0 Å². The Morgan fingerprint density at radius 3 is 2.61 bits per heavy atom. The maximum absolute atomic E-state index is 13.3. The molecule has 0 bridgehead atoms. The zero-order valence-corrected chi connectivity index (χ0v) is 12.8. The first-order valence-electron chi connectivity index (χ1n) is 6.87. The predicted molar refractivity (Wildman–Crippen MR) is 80.9 cm³/mol. The third-order valence-corrected chi connectivity index (χ3v) is 3.73. The van der Waals surface area contributed by atoms with Crippen LogP contribution in [0.25, 0.3) is 11.1 Å². The third-order valence-electron chi connectivity index (χ3n) is 3.51. The average Bonchev–Trinajstić information content (AvgIpc) is 2.53. The maximum Gasteiger partial charge on any atom is 0.417 e. The molecule has 1 unspecified atom stereocenters. The summed E-state index contributed by atoms with van der Waals surface area (Å²) < 4.78 is 51.1. The predicted octanol–water partition coefficient (Wildman–Crippen LogP) is 4.34. The van der Waals surface area contributed by atoms with Gasteiger partial charge in [-0.15, -0.1) is 0 Å². The number of rotatable bonds is 2. The summed E-state index contributed by atoms with van der Waals surface area (Å²) in [5, 5.41) is 3.16. The van der Waals surface area contributed by atoms with Crippen molar-refractivity contribution in [1.29, 1.82) is 0 Å². The van der Waals surface area contributed by atoms with Crippen molar-refractivity contribution in [1.82, 2.24) is 5.32 Å². The van der Waals surface area contributed by atoms with Crippen LogP contribution in [-0.4, -0.2) is 19.9 Å². The molecule has 1 atom stereocenters. The molecule has 0 fully saturated rings. The molecule has 122 valence electrons. The van der Waals surface area contributed by atoms with Crippen molar-refractivity contribution < 1.29 is 22.6 Å². The van der Waals surface area contributed by atoms with E-state index < -0.39 is 18.0 Å². The SMILES string of the molecule is CNC1COc2cc(Cl)cc(-c3ccccc3C(F)(F)F)c2O1. The van der Waals surface area contributed by atoms with Crippen molar-refractivity contribution in [3.8, 4) is 22.6 Å². The maximum atomic E-state index is 13.3. The van der Waals surface area contributed by atoms with Crippen LogP contribution in [0.3, 0.4) is 0 Å². The Balaban J connectivity index is 2.20. The van der Waals surface area contributed by atoms with E-state index in [-0.39, 0.29) is 28.5 Å². The number of nitrogens with one attached hydrogen (secondary N) is 1. The molecule has 0 radical (unpaired) electrons. The van der Waals surface area contributed by atoms with Gasteiger partial charge in [0, 0.05) is 16.7 Å². The quantitative estimate of drug-likeness (QED) is 0.879. The Morgan fingerprint density at radius 2 is 1.91 bits per heavy atom. The summed E-state index contributed by atoms with van der Waals surface area (Å²) in [5.41, 5.74) is -0.501. The molecule has 1 aliphatic rings. The fourth-order valence-electron chi connectivity index (χ4n) is 2.45. The molecular formula is C16H13ClF3NO2. The fourth-order valence-corrected chi connectivity index (χ4v) is 2.65. The summed E-state index contributed by atoms with van der Waals surface area (Å²) in [6, 6.07) is 8.28. The molecule has 1 heterocycles. The zero-order chi connectivity index (χ0) is 16.6. The number of fused-ring (bicyclic) bond motifs is 1. The summed E-state index contributed by atoms with van der Waals surface area (Å²) in [5.74, 6) is 0.577. The molecular weight excluding hydrogens is 331 g/mol. The lowest BCUT2D eigenvalue weighted by Gasteiger charge is -2.28. The molecule has 1 aliphatic heterocycles. The molecule has 0 saturated heterocycles. The first-order chi connectivity index (χ1) is 10.9. The van der Waals surface area contributed by atoms with Crippen LogP contribution in [0, 0.1) is 0 Å². The smallest absolute Gasteiger partial charge is 0.417 e. The first kappa shape index (κ1) is 16.0. The minimum absolute atomic E-state index is 0.000830. The van der Waals surface area contributed by atoms with Crippen molar-refractivity contribution in [2.75, 3.05) is 13.7 Å². The van der Waals surface area contributed by atoms with Crippen LogP contribution in [0.15, 0.2) is 36.4 Å². The molecule has 0 saturated carbocycles. The van der Waals surface area contributed by atoms with Crippen molar-refractivity contribution in [3.05, 3.63) is 47.0 Å². The van der Waals surface area contributed by atoms with E-state index in [4.69, 9.17) is 21.1 Å². The van der Waals surface area contributed by atoms with E-state index in [9.17, 15) is 13.2 Å². The largest absolute Gasteiger partial charge is 0.484 e. The molecule has 7 heteroatoms. The summed E-state index contributed by atoms with van der Waals surface area (Å²) >= 11 is 6.04. The summed E-state index contributed by atoms with van der Waals surface area (Å²) in [6.45, 7) is 0.240. The van der Waals surface area contributed by atoms with Gasteiger partial charge >= 0.3 is 6.18 Å². The van der Waals surface area contributed by atoms with Crippen molar-refractivity contribution >= 4 is 11.6 Å². The molecule has 0 spiro atoms. The molecule has 3 rings (SSSR count). The van der Waals surface area contributed by atoms with Crippen molar-refractivity contribution in [2.45, 2.75) is 12.4 Å². The van der Waals surface area contributed by atoms with Gasteiger partial charge in [0.15, 0.2) is 17.7 Å². The summed E-state index contributed by atoms with van der Waals surface area (Å²) in [7, 11) is 1.68. The van der Waals surface area contributed by atoms with Crippen LogP contribution in [0.2, 0.25) is 5.02 Å². The van der Waals surface area contributed by atoms with Gasteiger partial charge in [-0.1, -0.05) is 29.8 Å². The third kappa shape index (κ3) is 3.09. The highest BCUT2D eigenvalue weighted by Gasteiger charge is 2.35. The van der Waals surface area contributed by atoms with Gasteiger partial charge in [0.1, 0.15) is 6.61 Å². The summed E-state index contributed by atoms with van der Waals surface area (Å²) in [4.78, 5) is 0. The number of hydrogen-bond donors (Lipinski definition) is 1. The Hall–Kier alpha value is -1.92. The Labute approximate surface area is 136 Å². The Morgan fingerprint density at radius 1 is 1.17 bits per heavy atom. The lowest BCUT2D eigenvalue weighted by Crippen LogP contribution is -2.39. The van der Waals surface area contributed by atoms with Gasteiger partial charge in [-0.25, -0.2) is 0 Å². The van der Waals surface area contributed by atoms with E-state index in [2.05, 4.69) is 5.32 Å². The van der Waals surface area contributed by atoms with Crippen molar-refractivity contribution in [2.24, 2.45) is 0 Å². The van der Waals surface area contributed by atoms with Gasteiger partial charge in [-0.2, -0.15) is 13.2 Å². The van der Waals surface area contributed by atoms with Gasteiger partial charge in [-0.3, -0.25) is 5.32 Å². The number of halogens is 4. The lowest BCUT2D eigenvalue weighted by molar-refractivity contribution is -0.137. The van der Waals surface area contributed by atoms with Crippen LogP contribution in [-0.2, 0) is 6.18 Å². The molecule has 2 aromatic rings. The molecule has 1 N–H and O–H groups in total. The number of ether oxygens (including phenoxy) is 2. The molecule has 0 aliphatic carbocycles. The Bertz CT molecular complexity index is 734. The van der Waals surface area contributed by atoms with E-state index in [0.717, 1.165) is 6.07 Å². The highest BCUT2D eigenvalue weighted by atomic mass is 35.5. The van der Waals surface area contributed by atoms with Crippen LogP contribution < -0.4 is 14.8 Å². The number of benzene rings is 2. The van der Waals surface area contributed by atoms with Gasteiger partial charge in [-0.05, 0) is 24.7 Å². The van der Waals surface area contributed by atoms with E-state index in [0.29, 0.717) is 5.75 Å². The van der Waals surface area contributed by atoms with Gasteiger partial charge < -0.3 is 9.47 Å². The first-order valence-corrected chi connectivity index (χ1v) is 7.25. The second kappa shape index (κ2) is 5.94. The number of likely N-dealkylation sites (N-methyl/N-ethyl adjacent to an activating group) is 1. The van der Waals surface area contributed by atoms with Crippen LogP contribution in [0.1, 0.15) is 5.56 Å². The monoisotopic (exact) mass is 343 g/mol. The molecule has 3 nitrogen and oxygen atoms in total. The normalized spacial score (nSPS) is 17.2. The Kier molecular flexibility index (Phi) is 4.12. The topological polar surface area (TPSA) is 30.5 Å². The number of alkyl halides is 3. The van der Waals surface area contributed by atoms with Crippen LogP contribution in [0.4, 0.5) is 13.2 Å². The minimum Gasteiger partial charge on any atom is -0.484 e. The standard InChI is InChI=1S/C16H13ClF3NO2/c1-21-14-8-22-13-7-9(17)6-11(15(13)23-14)10-4-2-3-5-12(10)16(18,19)20/h2-7,14,21H,8H2,1H3. The lowest BCUT2D eigenvalue weighted by atomic mass is 9.98. The second-order valence-corrected chi connectivity index (χ2v) is 5.47. The molecule has 0 aromatic heterocycles. The minimum atomic E-state index is -4.48. The highest BCUT2D eigenvalue weighted by Crippen LogP contribution is 2.46. The van der Waals surface area contributed by atoms with Gasteiger partial charge in [0.25, 0.3) is 0 Å². The van der Waals surface area contributed by atoms with E-state index >= 15 is 0 Å².